The van der Waals surface area contributed by atoms with Crippen molar-refractivity contribution in [3.63, 3.8) is 0 Å². The van der Waals surface area contributed by atoms with Gasteiger partial charge in [-0.1, -0.05) is 12.1 Å². The lowest BCUT2D eigenvalue weighted by molar-refractivity contribution is -0.132. The zero-order valence-corrected chi connectivity index (χ0v) is 21.6. The Bertz CT molecular complexity index is 1430. The summed E-state index contributed by atoms with van der Waals surface area (Å²) < 4.78 is 22.1. The minimum atomic E-state index is -0.912. The lowest BCUT2D eigenvalue weighted by Crippen LogP contribution is -2.29. The first-order valence-corrected chi connectivity index (χ1v) is 12.0. The largest absolute Gasteiger partial charge is 0.507 e. The van der Waals surface area contributed by atoms with Crippen molar-refractivity contribution in [3.05, 3.63) is 77.4 Å². The fourth-order valence-corrected chi connectivity index (χ4v) is 4.70. The van der Waals surface area contributed by atoms with E-state index in [1.54, 1.807) is 36.4 Å². The summed E-state index contributed by atoms with van der Waals surface area (Å²) in [5.41, 5.74) is 2.21. The van der Waals surface area contributed by atoms with Gasteiger partial charge < -0.3 is 29.0 Å². The quantitative estimate of drug-likeness (QED) is 0.296. The van der Waals surface area contributed by atoms with Gasteiger partial charge in [-0.15, -0.1) is 0 Å². The van der Waals surface area contributed by atoms with Crippen molar-refractivity contribution in [1.29, 1.82) is 0 Å². The summed E-state index contributed by atoms with van der Waals surface area (Å²) in [5.74, 6) is -0.121. The zero-order valence-electron chi connectivity index (χ0n) is 21.6. The number of ketones is 1. The number of benzene rings is 3. The van der Waals surface area contributed by atoms with E-state index >= 15 is 0 Å². The first kappa shape index (κ1) is 25.0. The van der Waals surface area contributed by atoms with E-state index in [-0.39, 0.29) is 16.9 Å². The number of Topliss-reactive ketones (excluding diaryl/α,β-unsaturated/α-hetero) is 1. The maximum atomic E-state index is 13.6. The third-order valence-electron chi connectivity index (χ3n) is 6.64. The minimum Gasteiger partial charge on any atom is -0.507 e. The number of ether oxygens (including phenoxy) is 4. The van der Waals surface area contributed by atoms with Crippen LogP contribution in [0.15, 0.2) is 66.2 Å². The Kier molecular flexibility index (Phi) is 6.59. The van der Waals surface area contributed by atoms with Crippen LogP contribution < -0.4 is 28.7 Å². The molecule has 1 unspecified atom stereocenters. The average Bonchev–Trinajstić information content (AvgIpc) is 3.21. The topological polar surface area (TPSA) is 97.8 Å². The van der Waals surface area contributed by atoms with Crippen LogP contribution in [0.4, 0.5) is 11.4 Å². The second-order valence-electron chi connectivity index (χ2n) is 9.05. The number of fused-ring (bicyclic) bond motifs is 1. The van der Waals surface area contributed by atoms with Crippen LogP contribution in [0.5, 0.6) is 23.0 Å². The summed E-state index contributed by atoms with van der Waals surface area (Å²) >= 11 is 0. The Morgan fingerprint density at radius 2 is 1.63 bits per heavy atom. The number of rotatable bonds is 6. The molecule has 9 nitrogen and oxygen atoms in total. The molecule has 1 fully saturated rings. The van der Waals surface area contributed by atoms with Crippen LogP contribution >= 0.6 is 0 Å². The molecule has 2 heterocycles. The van der Waals surface area contributed by atoms with Crippen LogP contribution in [0.3, 0.4) is 0 Å². The molecule has 2 aliphatic heterocycles. The third-order valence-corrected chi connectivity index (χ3v) is 6.64. The smallest absolute Gasteiger partial charge is 0.300 e. The van der Waals surface area contributed by atoms with Crippen LogP contribution in [0.25, 0.3) is 5.76 Å². The van der Waals surface area contributed by atoms with Crippen LogP contribution in [0.2, 0.25) is 0 Å². The van der Waals surface area contributed by atoms with Gasteiger partial charge in [0.1, 0.15) is 30.5 Å². The van der Waals surface area contributed by atoms with Crippen LogP contribution in [0, 0.1) is 0 Å². The summed E-state index contributed by atoms with van der Waals surface area (Å²) in [5, 5.41) is 11.6. The van der Waals surface area contributed by atoms with E-state index in [0.29, 0.717) is 47.5 Å². The predicted octanol–water partition coefficient (Wildman–Crippen LogP) is 4.17. The van der Waals surface area contributed by atoms with Gasteiger partial charge in [-0.25, -0.2) is 0 Å². The molecule has 1 atom stereocenters. The van der Waals surface area contributed by atoms with Crippen molar-refractivity contribution in [2.24, 2.45) is 0 Å². The number of carbonyl (C=O) groups excluding carboxylic acids is 2. The van der Waals surface area contributed by atoms with Crippen molar-refractivity contribution >= 4 is 28.8 Å². The number of amides is 1. The van der Waals surface area contributed by atoms with Gasteiger partial charge in [-0.05, 0) is 48.0 Å². The molecule has 196 valence electrons. The summed E-state index contributed by atoms with van der Waals surface area (Å²) in [6, 6.07) is 16.5. The molecule has 0 aromatic heterocycles. The van der Waals surface area contributed by atoms with E-state index in [0.717, 1.165) is 5.69 Å². The molecule has 0 radical (unpaired) electrons. The summed E-state index contributed by atoms with van der Waals surface area (Å²) in [7, 11) is 6.80. The normalized spacial score (nSPS) is 17.9. The molecule has 0 spiro atoms. The van der Waals surface area contributed by atoms with Gasteiger partial charge in [-0.3, -0.25) is 14.5 Å². The van der Waals surface area contributed by atoms with Gasteiger partial charge in [0.25, 0.3) is 11.7 Å². The Hall–Kier alpha value is -4.66. The summed E-state index contributed by atoms with van der Waals surface area (Å²) in [6.45, 7) is 0.803. The van der Waals surface area contributed by atoms with E-state index in [2.05, 4.69) is 0 Å². The van der Waals surface area contributed by atoms with E-state index in [4.69, 9.17) is 18.9 Å². The lowest BCUT2D eigenvalue weighted by Gasteiger charge is -2.27. The fourth-order valence-electron chi connectivity index (χ4n) is 4.70. The van der Waals surface area contributed by atoms with Crippen molar-refractivity contribution in [1.82, 2.24) is 0 Å². The lowest BCUT2D eigenvalue weighted by atomic mass is 9.94. The molecule has 0 aliphatic carbocycles. The molecule has 1 amide bonds. The maximum Gasteiger partial charge on any atom is 0.300 e. The first-order valence-electron chi connectivity index (χ1n) is 12.0. The van der Waals surface area contributed by atoms with Gasteiger partial charge in [0.05, 0.1) is 31.4 Å². The van der Waals surface area contributed by atoms with Gasteiger partial charge in [0, 0.05) is 31.5 Å². The monoisotopic (exact) mass is 516 g/mol. The van der Waals surface area contributed by atoms with Gasteiger partial charge in [-0.2, -0.15) is 0 Å². The molecular weight excluding hydrogens is 488 g/mol. The molecule has 0 bridgehead atoms. The molecule has 5 rings (SSSR count). The van der Waals surface area contributed by atoms with Gasteiger partial charge in [0.2, 0.25) is 0 Å². The number of anilines is 2. The number of aliphatic hydroxyl groups excluding tert-OH is 1. The SMILES string of the molecule is COc1ccc(OC)c(/C(O)=C2\C(=O)C(=O)N(c3ccc4c(c3)OCCO4)C2c2ccc(N(C)C)cc2)c1. The number of nitrogens with zero attached hydrogens (tertiary/aromatic N) is 2. The van der Waals surface area contributed by atoms with Crippen LogP contribution in [0.1, 0.15) is 17.2 Å². The molecule has 1 N–H and O–H groups in total. The zero-order chi connectivity index (χ0) is 27.0. The minimum absolute atomic E-state index is 0.0611. The Balaban J connectivity index is 1.72. The molecule has 1 saturated heterocycles. The van der Waals surface area contributed by atoms with Gasteiger partial charge in [0.15, 0.2) is 11.5 Å². The van der Waals surface area contributed by atoms with E-state index in [1.165, 1.54) is 19.1 Å². The number of methoxy groups -OCH3 is 2. The molecule has 2 aliphatic rings. The molecule has 38 heavy (non-hydrogen) atoms. The average molecular weight is 517 g/mol. The number of carbonyl (C=O) groups is 2. The Labute approximate surface area is 220 Å². The van der Waals surface area contributed by atoms with Crippen molar-refractivity contribution in [3.8, 4) is 23.0 Å². The standard InChI is InChI=1S/C29H28N2O7/c1-30(2)18-7-5-17(6-8-18)26-25(27(32)21-16-20(35-3)10-12-22(21)36-4)28(33)29(34)31(26)19-9-11-23-24(15-19)38-14-13-37-23/h5-12,15-16,26,32H,13-14H2,1-4H3/b27-25+. The third kappa shape index (κ3) is 4.26. The highest BCUT2D eigenvalue weighted by Gasteiger charge is 2.47. The molecule has 3 aromatic rings. The van der Waals surface area contributed by atoms with E-state index in [9.17, 15) is 14.7 Å². The van der Waals surface area contributed by atoms with E-state index < -0.39 is 17.7 Å². The molecule has 0 saturated carbocycles. The summed E-state index contributed by atoms with van der Waals surface area (Å²) in [4.78, 5) is 30.4. The number of hydrogen-bond acceptors (Lipinski definition) is 8. The molecule has 3 aromatic carbocycles. The first-order chi connectivity index (χ1) is 18.3. The van der Waals surface area contributed by atoms with Crippen LogP contribution in [-0.2, 0) is 9.59 Å². The fraction of sp³-hybridized carbons (Fsp3) is 0.241. The highest BCUT2D eigenvalue weighted by Crippen LogP contribution is 2.45. The van der Waals surface area contributed by atoms with Gasteiger partial charge >= 0.3 is 0 Å². The van der Waals surface area contributed by atoms with Crippen molar-refractivity contribution in [2.45, 2.75) is 6.04 Å². The van der Waals surface area contributed by atoms with Crippen LogP contribution in [-0.4, -0.2) is 58.3 Å². The molecular formula is C29H28N2O7. The Morgan fingerprint density at radius 1 is 0.921 bits per heavy atom. The number of aliphatic hydroxyl groups is 1. The second kappa shape index (κ2) is 10.0. The highest BCUT2D eigenvalue weighted by atomic mass is 16.6. The van der Waals surface area contributed by atoms with Crippen molar-refractivity contribution in [2.75, 3.05) is 51.3 Å². The molecule has 9 heteroatoms. The predicted molar refractivity (Wildman–Crippen MR) is 143 cm³/mol. The number of hydrogen-bond donors (Lipinski definition) is 1. The highest BCUT2D eigenvalue weighted by molar-refractivity contribution is 6.51. The maximum absolute atomic E-state index is 13.6. The Morgan fingerprint density at radius 3 is 2.29 bits per heavy atom. The second-order valence-corrected chi connectivity index (χ2v) is 9.05. The van der Waals surface area contributed by atoms with Crippen molar-refractivity contribution < 1.29 is 33.6 Å². The van der Waals surface area contributed by atoms with E-state index in [1.807, 2.05) is 43.3 Å². The summed E-state index contributed by atoms with van der Waals surface area (Å²) in [6.07, 6.45) is 0.